The normalized spacial score (nSPS) is 13.4. The Morgan fingerprint density at radius 2 is 0.623 bits per heavy atom. The third-order valence-electron chi connectivity index (χ3n) is 11.7. The van der Waals surface area contributed by atoms with Crippen LogP contribution in [0.5, 0.6) is 0 Å². The second-order valence-electron chi connectivity index (χ2n) is 16.8. The second kappa shape index (κ2) is 20.6. The van der Waals surface area contributed by atoms with Crippen molar-refractivity contribution in [3.05, 3.63) is 194 Å². The molecule has 1 aromatic heterocycles. The molecule has 0 aliphatic carbocycles. The van der Waals surface area contributed by atoms with E-state index >= 15 is 0 Å². The van der Waals surface area contributed by atoms with Gasteiger partial charge >= 0.3 is 49.4 Å². The monoisotopic (exact) mass is 1190 g/mol. The Morgan fingerprint density at radius 1 is 0.364 bits per heavy atom. The minimum Gasteiger partial charge on any atom is -0.287 e. The number of benzene rings is 6. The van der Waals surface area contributed by atoms with Crippen molar-refractivity contribution < 1.29 is 115 Å². The largest absolute Gasteiger partial charge is 0.416 e. The molecular weight excluding hydrogens is 1170 g/mol. The summed E-state index contributed by atoms with van der Waals surface area (Å²) in [5.74, 6) is 0.114. The van der Waals surface area contributed by atoms with Gasteiger partial charge in [0.25, 0.3) is 0 Å². The number of fused-ring (bicyclic) bond motifs is 1. The first kappa shape index (κ1) is 59.5. The van der Waals surface area contributed by atoms with Crippen molar-refractivity contribution in [2.75, 3.05) is 0 Å². The molecule has 0 saturated carbocycles. The van der Waals surface area contributed by atoms with Crippen molar-refractivity contribution in [1.29, 1.82) is 0 Å². The number of alkyl halides is 24. The molecule has 6 aromatic carbocycles. The number of nitrogens with zero attached hydrogens (tertiary/aromatic N) is 1. The molecule has 28 heteroatoms. The number of para-hydroxylation sites is 1. The lowest BCUT2D eigenvalue weighted by Gasteiger charge is -2.46. The molecule has 410 valence electrons. The van der Waals surface area contributed by atoms with E-state index in [9.17, 15) is 110 Å². The average molecular weight is 1190 g/mol. The van der Waals surface area contributed by atoms with Crippen LogP contribution in [-0.4, -0.2) is 11.9 Å². The first-order valence-corrected chi connectivity index (χ1v) is 21.8. The molecule has 0 atom stereocenters. The van der Waals surface area contributed by atoms with Crippen molar-refractivity contribution in [3.8, 4) is 0 Å². The summed E-state index contributed by atoms with van der Waals surface area (Å²) in [6.45, 7) is 0.345. The highest BCUT2D eigenvalue weighted by Gasteiger charge is 2.47. The summed E-state index contributed by atoms with van der Waals surface area (Å²) in [5.41, 5.74) is -28.4. The van der Waals surface area contributed by atoms with Crippen LogP contribution in [0.15, 0.2) is 144 Å². The maximum atomic E-state index is 14.2. The molecule has 0 saturated heterocycles. The molecule has 0 N–H and O–H groups in total. The zero-order chi connectivity index (χ0) is 57.9. The molecule has 1 heterocycles. The molecule has 2 nitrogen and oxygen atoms in total. The van der Waals surface area contributed by atoms with Crippen LogP contribution in [0, 0.1) is 0 Å². The van der Waals surface area contributed by atoms with Crippen molar-refractivity contribution in [3.63, 3.8) is 0 Å². The van der Waals surface area contributed by atoms with Crippen LogP contribution in [-0.2, 0) is 56.0 Å². The van der Waals surface area contributed by atoms with Gasteiger partial charge in [0, 0.05) is 22.2 Å². The van der Waals surface area contributed by atoms with Gasteiger partial charge in [-0.25, -0.2) is 0 Å². The number of halogens is 25. The molecule has 7 aromatic rings. The van der Waals surface area contributed by atoms with Crippen LogP contribution in [0.3, 0.4) is 0 Å². The van der Waals surface area contributed by atoms with Gasteiger partial charge in [0.15, 0.2) is 6.20 Å². The van der Waals surface area contributed by atoms with E-state index in [-0.39, 0.29) is 5.78 Å². The van der Waals surface area contributed by atoms with Gasteiger partial charge < -0.3 is 0 Å². The summed E-state index contributed by atoms with van der Waals surface area (Å²) in [6, 6.07) is 10.6. The molecule has 0 spiro atoms. The fourth-order valence-corrected chi connectivity index (χ4v) is 8.78. The smallest absolute Gasteiger partial charge is 0.287 e. The Hall–Kier alpha value is -6.74. The predicted molar refractivity (Wildman–Crippen MR) is 233 cm³/mol. The molecule has 0 aliphatic rings. The number of aromatic nitrogens is 1. The SMILES string of the molecule is FC(F)(F)c1cc([B-](c2cc(C(F)(F)F)cc(C(F)(F)F)c2)(c2cc(C(F)(F)F)cc(C(F)(F)F)c2)c2cc(C(F)(F)F)cc(C(F)(F)F)c2)cc(C(F)(F)F)c1.O=C(C[n+]1ccc(Br)c2ccccc21)c1ccccc1. The van der Waals surface area contributed by atoms with Gasteiger partial charge in [0.2, 0.25) is 17.8 Å². The number of carbonyl (C=O) groups is 1. The van der Waals surface area contributed by atoms with Gasteiger partial charge in [0.05, 0.1) is 49.9 Å². The van der Waals surface area contributed by atoms with Crippen LogP contribution in [0.2, 0.25) is 0 Å². The number of rotatable bonds is 7. The summed E-state index contributed by atoms with van der Waals surface area (Å²) >= 11 is 3.54. The van der Waals surface area contributed by atoms with Crippen LogP contribution in [0.25, 0.3) is 10.9 Å². The maximum Gasteiger partial charge on any atom is 0.416 e. The van der Waals surface area contributed by atoms with Crippen LogP contribution in [0.1, 0.15) is 54.9 Å². The first-order valence-electron chi connectivity index (χ1n) is 21.0. The lowest BCUT2D eigenvalue weighted by atomic mass is 9.12. The number of carbonyl (C=O) groups excluding carboxylic acids is 1. The molecule has 0 radical (unpaired) electrons. The minimum atomic E-state index is -6.13. The molecule has 0 unspecified atom stereocenters. The maximum absolute atomic E-state index is 14.2. The molecule has 0 aliphatic heterocycles. The third-order valence-corrected chi connectivity index (χ3v) is 12.4. The highest BCUT2D eigenvalue weighted by atomic mass is 79.9. The van der Waals surface area contributed by atoms with E-state index in [1.54, 1.807) is 0 Å². The van der Waals surface area contributed by atoms with Crippen LogP contribution < -0.4 is 26.4 Å². The summed E-state index contributed by atoms with van der Waals surface area (Å²) < 4.78 is 344. The quantitative estimate of drug-likeness (QED) is 0.0674. The second-order valence-corrected chi connectivity index (χ2v) is 17.7. The van der Waals surface area contributed by atoms with E-state index in [1.807, 2.05) is 71.4 Å². The number of pyridine rings is 1. The summed E-state index contributed by atoms with van der Waals surface area (Å²) in [4.78, 5) is 12.3. The number of hydrogen-bond acceptors (Lipinski definition) is 1. The van der Waals surface area contributed by atoms with Gasteiger partial charge in [-0.05, 0) is 46.3 Å². The standard InChI is InChI=1S/C32H12BF24.C17H13BrNO/c34-25(35,36)13-1-14(26(37,38)39)6-21(5-13)33(22-7-15(27(40,41)42)2-16(8-22)28(43,44)45,23-9-17(29(46,47)48)3-18(10-23)30(49,50)51)24-11-19(31(52,53)54)4-20(12-24)32(55,56)57;18-15-10-11-19(16-9-5-4-8-14(15)16)12-17(20)13-6-2-1-3-7-13/h1-12H;1-11H,12H2/q-1;+1. The van der Waals surface area contributed by atoms with Gasteiger partial charge in [0.1, 0.15) is 6.15 Å². The zero-order valence-electron chi connectivity index (χ0n) is 37.4. The van der Waals surface area contributed by atoms with Crippen molar-refractivity contribution in [2.45, 2.75) is 56.0 Å². The number of hydrogen-bond donors (Lipinski definition) is 0. The highest BCUT2D eigenvalue weighted by Crippen LogP contribution is 2.41. The predicted octanol–water partition coefficient (Wildman–Crippen LogP) is 15.0. The Morgan fingerprint density at radius 3 is 0.896 bits per heavy atom. The van der Waals surface area contributed by atoms with E-state index < -0.39 is 195 Å². The highest BCUT2D eigenvalue weighted by molar-refractivity contribution is 9.10. The lowest BCUT2D eigenvalue weighted by molar-refractivity contribution is -0.657. The molecule has 7 rings (SSSR count). The van der Waals surface area contributed by atoms with E-state index in [0.29, 0.717) is 6.54 Å². The average Bonchev–Trinajstić information content (AvgIpc) is 3.31. The molecule has 77 heavy (non-hydrogen) atoms. The van der Waals surface area contributed by atoms with Crippen LogP contribution >= 0.6 is 15.9 Å². The zero-order valence-corrected chi connectivity index (χ0v) is 39.0. The third kappa shape index (κ3) is 13.3. The van der Waals surface area contributed by atoms with E-state index in [2.05, 4.69) is 15.9 Å². The fraction of sp³-hybridized carbons (Fsp3) is 0.184. The summed E-state index contributed by atoms with van der Waals surface area (Å²) in [6.07, 6.45) is -52.9. The lowest BCUT2D eigenvalue weighted by Crippen LogP contribution is -2.75. The topological polar surface area (TPSA) is 20.9 Å². The summed E-state index contributed by atoms with van der Waals surface area (Å²) in [7, 11) is 0. The molecule has 0 bridgehead atoms. The van der Waals surface area contributed by atoms with Crippen LogP contribution in [0.4, 0.5) is 105 Å². The van der Waals surface area contributed by atoms with E-state index in [4.69, 9.17) is 0 Å². The van der Waals surface area contributed by atoms with Gasteiger partial charge in [-0.1, -0.05) is 91.0 Å². The Bertz CT molecular complexity index is 2870. The van der Waals surface area contributed by atoms with Crippen molar-refractivity contribution in [2.24, 2.45) is 0 Å². The van der Waals surface area contributed by atoms with Gasteiger partial charge in [-0.3, -0.25) is 4.79 Å². The Labute approximate surface area is 424 Å². The molecular formula is C49H25BBrF24NO. The van der Waals surface area contributed by atoms with Gasteiger partial charge in [-0.15, -0.1) is 0 Å². The first-order chi connectivity index (χ1) is 35.0. The van der Waals surface area contributed by atoms with E-state index in [0.717, 1.165) is 20.9 Å². The van der Waals surface area contributed by atoms with E-state index in [1.165, 1.54) is 0 Å². The summed E-state index contributed by atoms with van der Waals surface area (Å²) in [5, 5.41) is 1.11. The molecule has 0 fully saturated rings. The molecule has 0 amide bonds. The Balaban J connectivity index is 0.000000397. The minimum absolute atomic E-state index is 0.114. The van der Waals surface area contributed by atoms with Crippen molar-refractivity contribution in [1.82, 2.24) is 0 Å². The van der Waals surface area contributed by atoms with Crippen molar-refractivity contribution >= 4 is 60.6 Å². The fourth-order valence-electron chi connectivity index (χ4n) is 8.33. The number of Topliss-reactive ketones (excluding diaryl/α,β-unsaturated/α-hetero) is 1. The Kier molecular flexibility index (Phi) is 15.9. The van der Waals surface area contributed by atoms with Gasteiger partial charge in [-0.2, -0.15) is 132 Å². The number of ketones is 1.